The number of hydrogen-bond donors (Lipinski definition) is 1. The monoisotopic (exact) mass is 303 g/mol. The van der Waals surface area contributed by atoms with E-state index in [2.05, 4.69) is 5.32 Å². The Morgan fingerprint density at radius 3 is 2.45 bits per heavy atom. The Labute approximate surface area is 118 Å². The van der Waals surface area contributed by atoms with Crippen LogP contribution in [-0.2, 0) is 9.84 Å². The van der Waals surface area contributed by atoms with Crippen LogP contribution in [-0.4, -0.2) is 26.0 Å². The maximum atomic E-state index is 13.3. The van der Waals surface area contributed by atoms with Gasteiger partial charge in [0.05, 0.1) is 11.5 Å². The Balaban J connectivity index is 2.17. The first-order chi connectivity index (χ1) is 9.28. The van der Waals surface area contributed by atoms with Gasteiger partial charge in [0.2, 0.25) is 0 Å². The molecule has 1 aliphatic heterocycles. The molecule has 2 rings (SSSR count). The van der Waals surface area contributed by atoms with Crippen LogP contribution in [0.1, 0.15) is 31.9 Å². The first-order valence-corrected chi connectivity index (χ1v) is 8.52. The van der Waals surface area contributed by atoms with Crippen LogP contribution in [0.3, 0.4) is 0 Å². The van der Waals surface area contributed by atoms with Gasteiger partial charge in [-0.2, -0.15) is 0 Å². The molecule has 0 aliphatic carbocycles. The number of benzene rings is 1. The summed E-state index contributed by atoms with van der Waals surface area (Å²) < 4.78 is 49.3. The standard InChI is InChI=1S/C14H19F2NO2S/c1-9(2)14(10-3-4-12(15)13(16)7-10)17-11-5-6-20(18,19)8-11/h3-4,7,9,11,14,17H,5-6,8H2,1-2H3/t11-,14-/m1/s1. The van der Waals surface area contributed by atoms with E-state index in [-0.39, 0.29) is 29.5 Å². The van der Waals surface area contributed by atoms with Crippen molar-refractivity contribution >= 4 is 9.84 Å². The predicted octanol–water partition coefficient (Wildman–Crippen LogP) is 2.44. The maximum Gasteiger partial charge on any atom is 0.159 e. The van der Waals surface area contributed by atoms with E-state index in [0.717, 1.165) is 6.07 Å². The van der Waals surface area contributed by atoms with Gasteiger partial charge in [-0.1, -0.05) is 19.9 Å². The summed E-state index contributed by atoms with van der Waals surface area (Å²) in [6.07, 6.45) is 0.565. The molecule has 0 amide bonds. The normalized spacial score (nSPS) is 23.1. The zero-order valence-corrected chi connectivity index (χ0v) is 12.4. The lowest BCUT2D eigenvalue weighted by atomic mass is 9.95. The van der Waals surface area contributed by atoms with E-state index < -0.39 is 21.5 Å². The van der Waals surface area contributed by atoms with E-state index >= 15 is 0 Å². The highest BCUT2D eigenvalue weighted by Gasteiger charge is 2.30. The molecule has 0 radical (unpaired) electrons. The van der Waals surface area contributed by atoms with Gasteiger partial charge in [0.1, 0.15) is 0 Å². The first kappa shape index (κ1) is 15.4. The van der Waals surface area contributed by atoms with Gasteiger partial charge in [0.25, 0.3) is 0 Å². The lowest BCUT2D eigenvalue weighted by Gasteiger charge is -2.26. The molecule has 1 saturated heterocycles. The summed E-state index contributed by atoms with van der Waals surface area (Å²) in [7, 11) is -2.96. The molecule has 1 N–H and O–H groups in total. The van der Waals surface area contributed by atoms with Crippen molar-refractivity contribution in [3.63, 3.8) is 0 Å². The average molecular weight is 303 g/mol. The van der Waals surface area contributed by atoms with Crippen molar-refractivity contribution in [2.75, 3.05) is 11.5 Å². The molecule has 2 atom stereocenters. The molecular formula is C14H19F2NO2S. The lowest BCUT2D eigenvalue weighted by Crippen LogP contribution is -2.36. The minimum atomic E-state index is -2.96. The molecule has 3 nitrogen and oxygen atoms in total. The van der Waals surface area contributed by atoms with Crippen LogP contribution in [0.4, 0.5) is 8.78 Å². The molecule has 0 bridgehead atoms. The zero-order chi connectivity index (χ0) is 14.9. The highest BCUT2D eigenvalue weighted by Crippen LogP contribution is 2.26. The number of rotatable bonds is 4. The lowest BCUT2D eigenvalue weighted by molar-refractivity contribution is 0.370. The molecule has 1 aromatic carbocycles. The fourth-order valence-electron chi connectivity index (χ4n) is 2.56. The Hall–Kier alpha value is -1.01. The Bertz CT molecular complexity index is 587. The summed E-state index contributed by atoms with van der Waals surface area (Å²) in [4.78, 5) is 0. The van der Waals surface area contributed by atoms with Crippen LogP contribution < -0.4 is 5.32 Å². The Kier molecular flexibility index (Phi) is 4.44. The Morgan fingerprint density at radius 2 is 1.95 bits per heavy atom. The molecular weight excluding hydrogens is 284 g/mol. The van der Waals surface area contributed by atoms with E-state index in [1.807, 2.05) is 13.8 Å². The van der Waals surface area contributed by atoms with Crippen molar-refractivity contribution in [3.05, 3.63) is 35.4 Å². The summed E-state index contributed by atoms with van der Waals surface area (Å²) in [6, 6.07) is 3.51. The van der Waals surface area contributed by atoms with Gasteiger partial charge in [0.15, 0.2) is 21.5 Å². The molecule has 1 aromatic rings. The van der Waals surface area contributed by atoms with Crippen LogP contribution in [0.25, 0.3) is 0 Å². The van der Waals surface area contributed by atoms with Gasteiger partial charge in [-0.3, -0.25) is 0 Å². The molecule has 1 heterocycles. The fraction of sp³-hybridized carbons (Fsp3) is 0.571. The smallest absolute Gasteiger partial charge is 0.159 e. The first-order valence-electron chi connectivity index (χ1n) is 6.70. The quantitative estimate of drug-likeness (QED) is 0.929. The van der Waals surface area contributed by atoms with Gasteiger partial charge in [-0.25, -0.2) is 17.2 Å². The maximum absolute atomic E-state index is 13.3. The largest absolute Gasteiger partial charge is 0.306 e. The number of sulfone groups is 1. The topological polar surface area (TPSA) is 46.2 Å². The third-order valence-electron chi connectivity index (χ3n) is 3.62. The van der Waals surface area contributed by atoms with Crippen LogP contribution in [0.15, 0.2) is 18.2 Å². The van der Waals surface area contributed by atoms with Gasteiger partial charge in [-0.15, -0.1) is 0 Å². The van der Waals surface area contributed by atoms with E-state index in [0.29, 0.717) is 12.0 Å². The second-order valence-corrected chi connectivity index (χ2v) is 7.89. The zero-order valence-electron chi connectivity index (χ0n) is 11.6. The third-order valence-corrected chi connectivity index (χ3v) is 5.39. The predicted molar refractivity (Wildman–Crippen MR) is 74.1 cm³/mol. The van der Waals surface area contributed by atoms with Crippen molar-refractivity contribution in [2.45, 2.75) is 32.4 Å². The number of hydrogen-bond acceptors (Lipinski definition) is 3. The summed E-state index contributed by atoms with van der Waals surface area (Å²) in [5.74, 6) is -1.32. The molecule has 20 heavy (non-hydrogen) atoms. The third kappa shape index (κ3) is 3.55. The Morgan fingerprint density at radius 1 is 1.25 bits per heavy atom. The molecule has 0 unspecified atom stereocenters. The molecule has 1 fully saturated rings. The van der Waals surface area contributed by atoms with Crippen LogP contribution in [0.5, 0.6) is 0 Å². The van der Waals surface area contributed by atoms with E-state index in [1.54, 1.807) is 6.07 Å². The molecule has 112 valence electrons. The van der Waals surface area contributed by atoms with Gasteiger partial charge in [-0.05, 0) is 30.0 Å². The number of nitrogens with one attached hydrogen (secondary N) is 1. The molecule has 1 aliphatic rings. The van der Waals surface area contributed by atoms with Crippen LogP contribution >= 0.6 is 0 Å². The van der Waals surface area contributed by atoms with Gasteiger partial charge >= 0.3 is 0 Å². The van der Waals surface area contributed by atoms with E-state index in [9.17, 15) is 17.2 Å². The summed E-state index contributed by atoms with van der Waals surface area (Å²) >= 11 is 0. The SMILES string of the molecule is CC(C)[C@@H](N[C@@H]1CCS(=O)(=O)C1)c1ccc(F)c(F)c1. The van der Waals surface area contributed by atoms with E-state index in [4.69, 9.17) is 0 Å². The molecule has 0 saturated carbocycles. The minimum absolute atomic E-state index is 0.111. The van der Waals surface area contributed by atoms with Crippen molar-refractivity contribution in [1.29, 1.82) is 0 Å². The summed E-state index contributed by atoms with van der Waals surface area (Å²) in [6.45, 7) is 3.92. The van der Waals surface area contributed by atoms with Crippen molar-refractivity contribution in [1.82, 2.24) is 5.32 Å². The van der Waals surface area contributed by atoms with Crippen molar-refractivity contribution in [2.24, 2.45) is 5.92 Å². The van der Waals surface area contributed by atoms with Crippen LogP contribution in [0, 0.1) is 17.6 Å². The highest BCUT2D eigenvalue weighted by molar-refractivity contribution is 7.91. The summed E-state index contributed by atoms with van der Waals surface area (Å²) in [5, 5.41) is 3.27. The van der Waals surface area contributed by atoms with Gasteiger partial charge in [0, 0.05) is 12.1 Å². The minimum Gasteiger partial charge on any atom is -0.306 e. The fourth-order valence-corrected chi connectivity index (χ4v) is 4.25. The summed E-state index contributed by atoms with van der Waals surface area (Å²) in [5.41, 5.74) is 0.642. The molecule has 0 aromatic heterocycles. The van der Waals surface area contributed by atoms with Crippen molar-refractivity contribution in [3.8, 4) is 0 Å². The highest BCUT2D eigenvalue weighted by atomic mass is 32.2. The second-order valence-electron chi connectivity index (χ2n) is 5.66. The number of halogens is 2. The van der Waals surface area contributed by atoms with Crippen molar-refractivity contribution < 1.29 is 17.2 Å². The van der Waals surface area contributed by atoms with Gasteiger partial charge < -0.3 is 5.32 Å². The second kappa shape index (κ2) is 5.77. The molecule has 6 heteroatoms. The average Bonchev–Trinajstić information content (AvgIpc) is 2.69. The molecule has 0 spiro atoms. The van der Waals surface area contributed by atoms with E-state index in [1.165, 1.54) is 6.07 Å². The van der Waals surface area contributed by atoms with Crippen LogP contribution in [0.2, 0.25) is 0 Å².